The molecule has 0 aromatic carbocycles. The monoisotopic (exact) mass is 229 g/mol. The third-order valence-corrected chi connectivity index (χ3v) is 2.27. The molecular formula is C9H15N3O4. The summed E-state index contributed by atoms with van der Waals surface area (Å²) in [5, 5.41) is 15.4. The van der Waals surface area contributed by atoms with E-state index in [4.69, 9.17) is 5.11 Å². The molecule has 7 heteroatoms. The second-order valence-corrected chi connectivity index (χ2v) is 3.82. The molecule has 2 unspecified atom stereocenters. The summed E-state index contributed by atoms with van der Waals surface area (Å²) in [5.74, 6) is -1.16. The number of carboxylic acids is 1. The minimum Gasteiger partial charge on any atom is -0.480 e. The van der Waals surface area contributed by atoms with Gasteiger partial charge in [-0.1, -0.05) is 6.92 Å². The lowest BCUT2D eigenvalue weighted by atomic mass is 10.5. The Morgan fingerprint density at radius 2 is 1.88 bits per heavy atom. The van der Waals surface area contributed by atoms with Crippen molar-refractivity contribution in [2.45, 2.75) is 19.4 Å². The van der Waals surface area contributed by atoms with Crippen LogP contribution in [0.4, 0.5) is 4.79 Å². The number of aliphatic carboxylic acids is 1. The molecule has 0 aromatic heterocycles. The van der Waals surface area contributed by atoms with Crippen LogP contribution in [-0.2, 0) is 9.59 Å². The molecule has 3 amide bonds. The Balaban J connectivity index is 2.06. The first-order valence-electron chi connectivity index (χ1n) is 5.02. The number of hydrogen-bond donors (Lipinski definition) is 4. The normalized spacial score (nSPS) is 22.1. The zero-order chi connectivity index (χ0) is 12.1. The minimum atomic E-state index is -1.12. The van der Waals surface area contributed by atoms with Crippen LogP contribution in [0.1, 0.15) is 13.3 Å². The summed E-state index contributed by atoms with van der Waals surface area (Å²) >= 11 is 0. The van der Waals surface area contributed by atoms with Gasteiger partial charge in [-0.25, -0.2) is 4.79 Å². The number of carboxylic acid groups (broad SMARTS) is 1. The highest BCUT2D eigenvalue weighted by molar-refractivity contribution is 5.86. The summed E-state index contributed by atoms with van der Waals surface area (Å²) in [4.78, 5) is 32.3. The molecule has 1 rings (SSSR count). The molecule has 1 aliphatic rings. The van der Waals surface area contributed by atoms with E-state index in [1.807, 2.05) is 6.92 Å². The van der Waals surface area contributed by atoms with Gasteiger partial charge in [0, 0.05) is 6.04 Å². The van der Waals surface area contributed by atoms with Crippen LogP contribution < -0.4 is 16.0 Å². The average molecular weight is 229 g/mol. The first kappa shape index (κ1) is 12.3. The maximum Gasteiger partial charge on any atom is 0.322 e. The quantitative estimate of drug-likeness (QED) is 0.479. The second kappa shape index (κ2) is 5.34. The third-order valence-electron chi connectivity index (χ3n) is 2.27. The number of carbonyl (C=O) groups excluding carboxylic acids is 2. The Hall–Kier alpha value is -1.79. The first-order valence-corrected chi connectivity index (χ1v) is 5.02. The molecule has 2 atom stereocenters. The van der Waals surface area contributed by atoms with Crippen LogP contribution in [-0.4, -0.2) is 42.1 Å². The van der Waals surface area contributed by atoms with Crippen LogP contribution in [0.25, 0.3) is 0 Å². The molecule has 1 fully saturated rings. The van der Waals surface area contributed by atoms with Crippen LogP contribution in [0.2, 0.25) is 0 Å². The van der Waals surface area contributed by atoms with Gasteiger partial charge >= 0.3 is 12.0 Å². The Labute approximate surface area is 92.6 Å². The maximum absolute atomic E-state index is 11.2. The minimum absolute atomic E-state index is 0.196. The van der Waals surface area contributed by atoms with Crippen molar-refractivity contribution in [3.8, 4) is 0 Å². The van der Waals surface area contributed by atoms with E-state index in [2.05, 4.69) is 16.0 Å². The molecule has 0 aromatic rings. The van der Waals surface area contributed by atoms with Crippen molar-refractivity contribution in [1.29, 1.82) is 0 Å². The SMILES string of the molecule is CC1CC1NC(=O)NCC(=O)NCC(=O)O. The fraction of sp³-hybridized carbons (Fsp3) is 0.667. The van der Waals surface area contributed by atoms with Crippen LogP contribution >= 0.6 is 0 Å². The van der Waals surface area contributed by atoms with Gasteiger partial charge in [-0.3, -0.25) is 9.59 Å². The molecule has 16 heavy (non-hydrogen) atoms. The van der Waals surface area contributed by atoms with E-state index < -0.39 is 24.5 Å². The van der Waals surface area contributed by atoms with E-state index in [1.165, 1.54) is 0 Å². The molecule has 1 aliphatic carbocycles. The molecule has 0 heterocycles. The lowest BCUT2D eigenvalue weighted by molar-refractivity contribution is -0.137. The summed E-state index contributed by atoms with van der Waals surface area (Å²) in [6.07, 6.45) is 0.957. The van der Waals surface area contributed by atoms with Gasteiger partial charge in [0.25, 0.3) is 0 Å². The summed E-state index contributed by atoms with van der Waals surface area (Å²) < 4.78 is 0. The summed E-state index contributed by atoms with van der Waals surface area (Å²) in [5.41, 5.74) is 0. The summed E-state index contributed by atoms with van der Waals surface area (Å²) in [7, 11) is 0. The molecular weight excluding hydrogens is 214 g/mol. The van der Waals surface area contributed by atoms with Crippen molar-refractivity contribution >= 4 is 17.9 Å². The average Bonchev–Trinajstić information content (AvgIpc) is 2.88. The van der Waals surface area contributed by atoms with E-state index in [0.29, 0.717) is 5.92 Å². The number of amides is 3. The molecule has 0 saturated heterocycles. The van der Waals surface area contributed by atoms with E-state index in [0.717, 1.165) is 6.42 Å². The van der Waals surface area contributed by atoms with Crippen molar-refractivity contribution < 1.29 is 19.5 Å². The van der Waals surface area contributed by atoms with E-state index >= 15 is 0 Å². The van der Waals surface area contributed by atoms with Gasteiger partial charge in [0.05, 0.1) is 6.54 Å². The Bertz CT molecular complexity index is 305. The number of urea groups is 1. The van der Waals surface area contributed by atoms with Crippen molar-refractivity contribution in [3.05, 3.63) is 0 Å². The Morgan fingerprint density at radius 3 is 2.38 bits per heavy atom. The smallest absolute Gasteiger partial charge is 0.322 e. The highest BCUT2D eigenvalue weighted by atomic mass is 16.4. The van der Waals surface area contributed by atoms with Crippen LogP contribution in [0.3, 0.4) is 0 Å². The topological polar surface area (TPSA) is 108 Å². The van der Waals surface area contributed by atoms with Gasteiger partial charge in [0.15, 0.2) is 0 Å². The van der Waals surface area contributed by atoms with Crippen molar-refractivity contribution in [2.75, 3.05) is 13.1 Å². The Kier molecular flexibility index (Phi) is 4.10. The van der Waals surface area contributed by atoms with Gasteiger partial charge in [-0.15, -0.1) is 0 Å². The number of hydrogen-bond acceptors (Lipinski definition) is 3. The largest absolute Gasteiger partial charge is 0.480 e. The predicted octanol–water partition coefficient (Wildman–Crippen LogP) is -1.11. The fourth-order valence-electron chi connectivity index (χ4n) is 1.14. The van der Waals surface area contributed by atoms with Crippen LogP contribution in [0.15, 0.2) is 0 Å². The molecule has 1 saturated carbocycles. The van der Waals surface area contributed by atoms with Gasteiger partial charge in [-0.05, 0) is 12.3 Å². The standard InChI is InChI=1S/C9H15N3O4/c1-5-2-6(5)12-9(16)11-3-7(13)10-4-8(14)15/h5-6H,2-4H2,1H3,(H,10,13)(H,14,15)(H2,11,12,16). The van der Waals surface area contributed by atoms with Gasteiger partial charge in [0.2, 0.25) is 5.91 Å². The molecule has 7 nitrogen and oxygen atoms in total. The van der Waals surface area contributed by atoms with Crippen LogP contribution in [0, 0.1) is 5.92 Å². The van der Waals surface area contributed by atoms with Crippen molar-refractivity contribution in [1.82, 2.24) is 16.0 Å². The molecule has 90 valence electrons. The van der Waals surface area contributed by atoms with Crippen LogP contribution in [0.5, 0.6) is 0 Å². The van der Waals surface area contributed by atoms with Gasteiger partial charge in [-0.2, -0.15) is 0 Å². The Morgan fingerprint density at radius 1 is 1.25 bits per heavy atom. The lowest BCUT2D eigenvalue weighted by Crippen LogP contribution is -2.43. The zero-order valence-electron chi connectivity index (χ0n) is 8.95. The van der Waals surface area contributed by atoms with Crippen molar-refractivity contribution in [3.63, 3.8) is 0 Å². The number of carbonyl (C=O) groups is 3. The maximum atomic E-state index is 11.2. The molecule has 0 spiro atoms. The van der Waals surface area contributed by atoms with E-state index in [1.54, 1.807) is 0 Å². The van der Waals surface area contributed by atoms with E-state index in [9.17, 15) is 14.4 Å². The number of nitrogens with one attached hydrogen (secondary N) is 3. The fourth-order valence-corrected chi connectivity index (χ4v) is 1.14. The predicted molar refractivity (Wildman–Crippen MR) is 54.7 cm³/mol. The highest BCUT2D eigenvalue weighted by Crippen LogP contribution is 2.28. The van der Waals surface area contributed by atoms with Gasteiger partial charge < -0.3 is 21.1 Å². The highest BCUT2D eigenvalue weighted by Gasteiger charge is 2.33. The summed E-state index contributed by atoms with van der Waals surface area (Å²) in [6, 6.07) is -0.207. The van der Waals surface area contributed by atoms with E-state index in [-0.39, 0.29) is 12.6 Å². The number of rotatable bonds is 5. The molecule has 4 N–H and O–H groups in total. The van der Waals surface area contributed by atoms with Gasteiger partial charge in [0.1, 0.15) is 6.54 Å². The first-order chi connectivity index (χ1) is 7.49. The van der Waals surface area contributed by atoms with Crippen molar-refractivity contribution in [2.24, 2.45) is 5.92 Å². The molecule has 0 radical (unpaired) electrons. The summed E-state index contributed by atoms with van der Waals surface area (Å²) in [6.45, 7) is 1.35. The second-order valence-electron chi connectivity index (χ2n) is 3.82. The molecule has 0 aliphatic heterocycles. The molecule has 0 bridgehead atoms. The third kappa shape index (κ3) is 4.63. The zero-order valence-corrected chi connectivity index (χ0v) is 8.95. The lowest BCUT2D eigenvalue weighted by Gasteiger charge is -2.06.